The van der Waals surface area contributed by atoms with Gasteiger partial charge in [-0.05, 0) is 23.3 Å². The molecule has 2 rings (SSSR count). The molecule has 0 aliphatic rings. The van der Waals surface area contributed by atoms with Gasteiger partial charge in [-0.1, -0.05) is 36.9 Å². The van der Waals surface area contributed by atoms with Gasteiger partial charge in [0.1, 0.15) is 0 Å². The Morgan fingerprint density at radius 3 is 2.29 bits per heavy atom. The van der Waals surface area contributed by atoms with Crippen molar-refractivity contribution in [2.45, 2.75) is 6.54 Å². The van der Waals surface area contributed by atoms with Gasteiger partial charge in [0, 0.05) is 18.9 Å². The third-order valence-electron chi connectivity index (χ3n) is 2.25. The zero-order valence-electron chi connectivity index (χ0n) is 8.06. The summed E-state index contributed by atoms with van der Waals surface area (Å²) in [6, 6.07) is 12.5. The quantitative estimate of drug-likeness (QED) is 0.688. The zero-order chi connectivity index (χ0) is 9.80. The van der Waals surface area contributed by atoms with Gasteiger partial charge in [-0.3, -0.25) is 0 Å². The van der Waals surface area contributed by atoms with Crippen molar-refractivity contribution in [1.29, 1.82) is 0 Å². The van der Waals surface area contributed by atoms with E-state index < -0.39 is 0 Å². The van der Waals surface area contributed by atoms with Crippen molar-refractivity contribution in [3.63, 3.8) is 0 Å². The van der Waals surface area contributed by atoms with E-state index in [-0.39, 0.29) is 0 Å². The molecule has 2 aromatic rings. The van der Waals surface area contributed by atoms with E-state index in [4.69, 9.17) is 0 Å². The van der Waals surface area contributed by atoms with Crippen LogP contribution in [0.15, 0.2) is 55.4 Å². The fourth-order valence-corrected chi connectivity index (χ4v) is 1.45. The predicted octanol–water partition coefficient (Wildman–Crippen LogP) is 3.18. The fourth-order valence-electron chi connectivity index (χ4n) is 1.45. The summed E-state index contributed by atoms with van der Waals surface area (Å²) in [5.74, 6) is 0. The van der Waals surface area contributed by atoms with E-state index in [0.29, 0.717) is 0 Å². The van der Waals surface area contributed by atoms with Crippen LogP contribution in [0.5, 0.6) is 0 Å². The number of hydrogen-bond acceptors (Lipinski definition) is 0. The van der Waals surface area contributed by atoms with Crippen LogP contribution in [-0.4, -0.2) is 4.57 Å². The molecule has 0 atom stereocenters. The Morgan fingerprint density at radius 1 is 1.07 bits per heavy atom. The zero-order valence-corrected chi connectivity index (χ0v) is 8.06. The Hall–Kier alpha value is -1.76. The van der Waals surface area contributed by atoms with Crippen molar-refractivity contribution >= 4 is 6.08 Å². The molecule has 0 unspecified atom stereocenters. The van der Waals surface area contributed by atoms with Crippen molar-refractivity contribution in [2.24, 2.45) is 0 Å². The first-order valence-electron chi connectivity index (χ1n) is 4.70. The molecule has 0 fully saturated rings. The summed E-state index contributed by atoms with van der Waals surface area (Å²) >= 11 is 0. The van der Waals surface area contributed by atoms with E-state index in [1.807, 2.05) is 18.2 Å². The fraction of sp³-hybridized carbons (Fsp3) is 0.0769. The maximum Gasteiger partial charge on any atom is 0.0470 e. The highest BCUT2D eigenvalue weighted by Crippen LogP contribution is 2.07. The van der Waals surface area contributed by atoms with Crippen LogP contribution >= 0.6 is 0 Å². The largest absolute Gasteiger partial charge is 0.350 e. The topological polar surface area (TPSA) is 4.93 Å². The van der Waals surface area contributed by atoms with Crippen LogP contribution in [0.2, 0.25) is 0 Å². The summed E-state index contributed by atoms with van der Waals surface area (Å²) in [5, 5.41) is 0. The van der Waals surface area contributed by atoms with E-state index in [9.17, 15) is 0 Å². The standard InChI is InChI=1S/C13H13N/c1-2-12-5-7-13(8-6-12)11-14-9-3-4-10-14/h2-10H,1,11H2. The highest BCUT2D eigenvalue weighted by atomic mass is 14.9. The first-order chi connectivity index (χ1) is 6.88. The van der Waals surface area contributed by atoms with Crippen molar-refractivity contribution in [3.05, 3.63) is 66.5 Å². The SMILES string of the molecule is C=Cc1ccc(Cn2cccc2)cc1. The second kappa shape index (κ2) is 3.97. The number of rotatable bonds is 3. The molecule has 1 heteroatoms. The molecule has 14 heavy (non-hydrogen) atoms. The molecule has 0 radical (unpaired) electrons. The van der Waals surface area contributed by atoms with Crippen molar-refractivity contribution in [3.8, 4) is 0 Å². The number of benzene rings is 1. The molecule has 1 heterocycles. The molecule has 70 valence electrons. The van der Waals surface area contributed by atoms with E-state index in [1.165, 1.54) is 11.1 Å². The van der Waals surface area contributed by atoms with Crippen molar-refractivity contribution in [2.75, 3.05) is 0 Å². The van der Waals surface area contributed by atoms with Gasteiger partial charge >= 0.3 is 0 Å². The Kier molecular flexibility index (Phi) is 2.50. The molecule has 0 N–H and O–H groups in total. The molecular weight excluding hydrogens is 170 g/mol. The van der Waals surface area contributed by atoms with Crippen molar-refractivity contribution < 1.29 is 0 Å². The lowest BCUT2D eigenvalue weighted by Gasteiger charge is -2.03. The monoisotopic (exact) mass is 183 g/mol. The average molecular weight is 183 g/mol. The molecule has 0 saturated carbocycles. The summed E-state index contributed by atoms with van der Waals surface area (Å²) in [5.41, 5.74) is 2.48. The number of nitrogens with zero attached hydrogens (tertiary/aromatic N) is 1. The lowest BCUT2D eigenvalue weighted by atomic mass is 10.1. The van der Waals surface area contributed by atoms with Gasteiger partial charge in [-0.2, -0.15) is 0 Å². The molecule has 0 saturated heterocycles. The van der Waals surface area contributed by atoms with Gasteiger partial charge in [0.2, 0.25) is 0 Å². The third kappa shape index (κ3) is 1.94. The molecule has 0 amide bonds. The summed E-state index contributed by atoms with van der Waals surface area (Å²) in [7, 11) is 0. The van der Waals surface area contributed by atoms with Gasteiger partial charge in [0.25, 0.3) is 0 Å². The van der Waals surface area contributed by atoms with Gasteiger partial charge in [-0.15, -0.1) is 0 Å². The maximum absolute atomic E-state index is 3.73. The van der Waals surface area contributed by atoms with Gasteiger partial charge < -0.3 is 4.57 Å². The van der Waals surface area contributed by atoms with Crippen LogP contribution in [-0.2, 0) is 6.54 Å². The third-order valence-corrected chi connectivity index (χ3v) is 2.25. The van der Waals surface area contributed by atoms with Crippen LogP contribution in [0, 0.1) is 0 Å². The molecule has 1 aromatic heterocycles. The van der Waals surface area contributed by atoms with Gasteiger partial charge in [0.05, 0.1) is 0 Å². The summed E-state index contributed by atoms with van der Waals surface area (Å²) in [4.78, 5) is 0. The molecule has 0 aliphatic heterocycles. The molecule has 1 aromatic carbocycles. The number of hydrogen-bond donors (Lipinski definition) is 0. The minimum Gasteiger partial charge on any atom is -0.350 e. The summed E-state index contributed by atoms with van der Waals surface area (Å²) in [6.45, 7) is 4.67. The lowest BCUT2D eigenvalue weighted by Crippen LogP contribution is -1.95. The van der Waals surface area contributed by atoms with Crippen LogP contribution in [0.1, 0.15) is 11.1 Å². The summed E-state index contributed by atoms with van der Waals surface area (Å²) < 4.78 is 2.16. The van der Waals surface area contributed by atoms with E-state index in [0.717, 1.165) is 6.54 Å². The Bertz CT molecular complexity index is 395. The maximum atomic E-state index is 3.73. The Balaban J connectivity index is 2.14. The first kappa shape index (κ1) is 8.82. The number of aromatic nitrogens is 1. The minimum atomic E-state index is 0.935. The highest BCUT2D eigenvalue weighted by molar-refractivity contribution is 5.47. The molecule has 0 aliphatic carbocycles. The summed E-state index contributed by atoms with van der Waals surface area (Å²) in [6.07, 6.45) is 6.00. The molecule has 0 bridgehead atoms. The molecule has 0 spiro atoms. The van der Waals surface area contributed by atoms with E-state index >= 15 is 0 Å². The lowest BCUT2D eigenvalue weighted by molar-refractivity contribution is 0.806. The Morgan fingerprint density at radius 2 is 1.71 bits per heavy atom. The van der Waals surface area contributed by atoms with Crippen molar-refractivity contribution in [1.82, 2.24) is 4.57 Å². The smallest absolute Gasteiger partial charge is 0.0470 e. The normalized spacial score (nSPS) is 10.0. The second-order valence-electron chi connectivity index (χ2n) is 3.30. The molecular formula is C13H13N. The van der Waals surface area contributed by atoms with Gasteiger partial charge in [-0.25, -0.2) is 0 Å². The first-order valence-corrected chi connectivity index (χ1v) is 4.70. The second-order valence-corrected chi connectivity index (χ2v) is 3.30. The van der Waals surface area contributed by atoms with Crippen LogP contribution < -0.4 is 0 Å². The van der Waals surface area contributed by atoms with Gasteiger partial charge in [0.15, 0.2) is 0 Å². The van der Waals surface area contributed by atoms with E-state index in [1.54, 1.807) is 0 Å². The average Bonchev–Trinajstić information content (AvgIpc) is 2.72. The van der Waals surface area contributed by atoms with Crippen LogP contribution in [0.4, 0.5) is 0 Å². The minimum absolute atomic E-state index is 0.935. The predicted molar refractivity (Wildman–Crippen MR) is 60.1 cm³/mol. The van der Waals surface area contributed by atoms with E-state index in [2.05, 4.69) is 47.8 Å². The highest BCUT2D eigenvalue weighted by Gasteiger charge is 1.93. The molecule has 1 nitrogen and oxygen atoms in total. The van der Waals surface area contributed by atoms with Crippen LogP contribution in [0.25, 0.3) is 6.08 Å². The van der Waals surface area contributed by atoms with Crippen LogP contribution in [0.3, 0.4) is 0 Å². The Labute approximate surface area is 84.3 Å².